The van der Waals surface area contributed by atoms with Gasteiger partial charge in [0.15, 0.2) is 0 Å². The molecule has 0 radical (unpaired) electrons. The Balaban J connectivity index is 2.31. The van der Waals surface area contributed by atoms with Crippen molar-refractivity contribution in [2.75, 3.05) is 13.7 Å². The molecule has 0 amide bonds. The predicted octanol–water partition coefficient (Wildman–Crippen LogP) is 3.15. The lowest BCUT2D eigenvalue weighted by Crippen LogP contribution is -2.19. The summed E-state index contributed by atoms with van der Waals surface area (Å²) in [6, 6.07) is 8.54. The van der Waals surface area contributed by atoms with E-state index in [9.17, 15) is 0 Å². The Morgan fingerprint density at radius 3 is 2.59 bits per heavy atom. The predicted molar refractivity (Wildman–Crippen MR) is 72.1 cm³/mol. The van der Waals surface area contributed by atoms with Gasteiger partial charge in [0.05, 0.1) is 7.11 Å². The average molecular weight is 231 g/mol. The minimum atomic E-state index is 0.367. The molecule has 0 saturated heterocycles. The van der Waals surface area contributed by atoms with Gasteiger partial charge in [-0.2, -0.15) is 0 Å². The number of hydrogen-bond donors (Lipinski definition) is 1. The van der Waals surface area contributed by atoms with Crippen molar-refractivity contribution in [2.24, 2.45) is 0 Å². The van der Waals surface area contributed by atoms with Gasteiger partial charge in [-0.25, -0.2) is 0 Å². The summed E-state index contributed by atoms with van der Waals surface area (Å²) in [6.45, 7) is 3.18. The first-order chi connectivity index (χ1) is 8.27. The molecule has 0 spiro atoms. The number of terminal acetylenes is 1. The number of ether oxygens (including phenoxy) is 1. The highest BCUT2D eigenvalue weighted by Gasteiger charge is 2.03. The quantitative estimate of drug-likeness (QED) is 0.575. The molecule has 0 aliphatic carbocycles. The van der Waals surface area contributed by atoms with Crippen molar-refractivity contribution in [1.29, 1.82) is 0 Å². The molecule has 1 aromatic carbocycles. The van der Waals surface area contributed by atoms with Gasteiger partial charge in [0.2, 0.25) is 0 Å². The van der Waals surface area contributed by atoms with Crippen molar-refractivity contribution >= 4 is 0 Å². The highest BCUT2D eigenvalue weighted by molar-refractivity contribution is 5.28. The van der Waals surface area contributed by atoms with E-state index in [1.165, 1.54) is 5.56 Å². The molecular weight excluding hydrogens is 210 g/mol. The van der Waals surface area contributed by atoms with Crippen LogP contribution in [0.5, 0.6) is 5.75 Å². The molecule has 0 saturated carbocycles. The second-order valence-corrected chi connectivity index (χ2v) is 4.11. The van der Waals surface area contributed by atoms with Crippen LogP contribution in [0.4, 0.5) is 0 Å². The maximum atomic E-state index is 5.21. The summed E-state index contributed by atoms with van der Waals surface area (Å²) < 4.78 is 5.14. The fraction of sp³-hybridized carbons (Fsp3) is 0.467. The first-order valence-electron chi connectivity index (χ1n) is 6.08. The molecule has 0 aliphatic rings. The molecule has 1 unspecified atom stereocenters. The van der Waals surface area contributed by atoms with E-state index in [0.29, 0.717) is 6.04 Å². The van der Waals surface area contributed by atoms with Crippen LogP contribution in [0.1, 0.15) is 37.8 Å². The second kappa shape index (κ2) is 7.76. The molecular formula is C15H21NO. The monoisotopic (exact) mass is 231 g/mol. The van der Waals surface area contributed by atoms with Gasteiger partial charge in [0.25, 0.3) is 0 Å². The van der Waals surface area contributed by atoms with Gasteiger partial charge in [0.1, 0.15) is 5.75 Å². The molecule has 2 heteroatoms. The van der Waals surface area contributed by atoms with Crippen molar-refractivity contribution in [3.63, 3.8) is 0 Å². The van der Waals surface area contributed by atoms with Crippen molar-refractivity contribution in [2.45, 2.75) is 32.2 Å². The van der Waals surface area contributed by atoms with Gasteiger partial charge in [-0.1, -0.05) is 12.1 Å². The zero-order valence-electron chi connectivity index (χ0n) is 10.7. The smallest absolute Gasteiger partial charge is 0.118 e. The van der Waals surface area contributed by atoms with Gasteiger partial charge >= 0.3 is 0 Å². The summed E-state index contributed by atoms with van der Waals surface area (Å²) in [4.78, 5) is 0. The lowest BCUT2D eigenvalue weighted by atomic mass is 10.1. The Morgan fingerprint density at radius 1 is 1.29 bits per heavy atom. The molecule has 1 aromatic rings. The van der Waals surface area contributed by atoms with Crippen LogP contribution in [0, 0.1) is 12.3 Å². The van der Waals surface area contributed by atoms with Crippen LogP contribution in [0.2, 0.25) is 0 Å². The molecule has 1 rings (SSSR count). The zero-order chi connectivity index (χ0) is 12.5. The van der Waals surface area contributed by atoms with Crippen LogP contribution >= 0.6 is 0 Å². The normalized spacial score (nSPS) is 11.8. The Hall–Kier alpha value is -1.46. The van der Waals surface area contributed by atoms with E-state index in [1.807, 2.05) is 12.1 Å². The minimum Gasteiger partial charge on any atom is -0.497 e. The number of hydrogen-bond acceptors (Lipinski definition) is 2. The van der Waals surface area contributed by atoms with Crippen molar-refractivity contribution < 1.29 is 4.74 Å². The van der Waals surface area contributed by atoms with E-state index in [-0.39, 0.29) is 0 Å². The third-order valence-electron chi connectivity index (χ3n) is 2.81. The number of nitrogens with one attached hydrogen (secondary N) is 1. The first-order valence-corrected chi connectivity index (χ1v) is 6.08. The van der Waals surface area contributed by atoms with Crippen LogP contribution < -0.4 is 10.1 Å². The molecule has 0 aliphatic heterocycles. The molecule has 1 atom stereocenters. The molecule has 92 valence electrons. The van der Waals surface area contributed by atoms with E-state index in [0.717, 1.165) is 31.6 Å². The molecule has 1 N–H and O–H groups in total. The Kier molecular flexibility index (Phi) is 6.21. The molecule has 0 fully saturated rings. The van der Waals surface area contributed by atoms with E-state index < -0.39 is 0 Å². The number of unbranched alkanes of at least 4 members (excludes halogenated alkanes) is 2. The minimum absolute atomic E-state index is 0.367. The average Bonchev–Trinajstić information content (AvgIpc) is 2.38. The third kappa shape index (κ3) is 4.93. The van der Waals surface area contributed by atoms with E-state index in [1.54, 1.807) is 7.11 Å². The van der Waals surface area contributed by atoms with E-state index in [2.05, 4.69) is 30.3 Å². The fourth-order valence-electron chi connectivity index (χ4n) is 1.68. The third-order valence-corrected chi connectivity index (χ3v) is 2.81. The largest absolute Gasteiger partial charge is 0.497 e. The Bertz CT molecular complexity index is 350. The van der Waals surface area contributed by atoms with Crippen molar-refractivity contribution in [3.8, 4) is 18.1 Å². The number of rotatable bonds is 7. The summed E-state index contributed by atoms with van der Waals surface area (Å²) in [7, 11) is 1.68. The van der Waals surface area contributed by atoms with Gasteiger partial charge in [-0.3, -0.25) is 0 Å². The number of benzene rings is 1. The second-order valence-electron chi connectivity index (χ2n) is 4.11. The summed E-state index contributed by atoms with van der Waals surface area (Å²) in [6.07, 6.45) is 8.31. The number of methoxy groups -OCH3 is 1. The van der Waals surface area contributed by atoms with Gasteiger partial charge in [-0.05, 0) is 44.0 Å². The SMILES string of the molecule is C#CCCCCNC(C)c1ccc(OC)cc1. The molecule has 0 aromatic heterocycles. The molecule has 0 bridgehead atoms. The Morgan fingerprint density at radius 2 is 2.00 bits per heavy atom. The highest BCUT2D eigenvalue weighted by Crippen LogP contribution is 2.17. The first kappa shape index (κ1) is 13.6. The topological polar surface area (TPSA) is 21.3 Å². The van der Waals surface area contributed by atoms with E-state index >= 15 is 0 Å². The maximum absolute atomic E-state index is 5.21. The van der Waals surface area contributed by atoms with Gasteiger partial charge in [0, 0.05) is 12.5 Å². The van der Waals surface area contributed by atoms with Crippen LogP contribution in [0.3, 0.4) is 0 Å². The lowest BCUT2D eigenvalue weighted by Gasteiger charge is -2.14. The summed E-state index contributed by atoms with van der Waals surface area (Å²) in [5.41, 5.74) is 1.28. The zero-order valence-corrected chi connectivity index (χ0v) is 10.7. The molecule has 17 heavy (non-hydrogen) atoms. The summed E-state index contributed by atoms with van der Waals surface area (Å²) in [5.74, 6) is 3.56. The summed E-state index contributed by atoms with van der Waals surface area (Å²) >= 11 is 0. The Labute approximate surface area is 104 Å². The fourth-order valence-corrected chi connectivity index (χ4v) is 1.68. The maximum Gasteiger partial charge on any atom is 0.118 e. The van der Waals surface area contributed by atoms with Gasteiger partial charge in [-0.15, -0.1) is 12.3 Å². The lowest BCUT2D eigenvalue weighted by molar-refractivity contribution is 0.414. The standard InChI is InChI=1S/C15H21NO/c1-4-5-6-7-12-16-13(2)14-8-10-15(17-3)11-9-14/h1,8-11,13,16H,5-7,12H2,2-3H3. The van der Waals surface area contributed by atoms with Gasteiger partial charge < -0.3 is 10.1 Å². The molecule has 2 nitrogen and oxygen atoms in total. The van der Waals surface area contributed by atoms with Crippen LogP contribution in [0.15, 0.2) is 24.3 Å². The van der Waals surface area contributed by atoms with Crippen molar-refractivity contribution in [3.05, 3.63) is 29.8 Å². The van der Waals surface area contributed by atoms with E-state index in [4.69, 9.17) is 11.2 Å². The van der Waals surface area contributed by atoms with Crippen molar-refractivity contribution in [1.82, 2.24) is 5.32 Å². The van der Waals surface area contributed by atoms with Crippen LogP contribution in [0.25, 0.3) is 0 Å². The summed E-state index contributed by atoms with van der Waals surface area (Å²) in [5, 5.41) is 3.49. The highest BCUT2D eigenvalue weighted by atomic mass is 16.5. The van der Waals surface area contributed by atoms with Crippen LogP contribution in [-0.2, 0) is 0 Å². The molecule has 0 heterocycles. The van der Waals surface area contributed by atoms with Crippen LogP contribution in [-0.4, -0.2) is 13.7 Å².